The summed E-state index contributed by atoms with van der Waals surface area (Å²) in [4.78, 5) is 2.74. The molecule has 4 saturated carbocycles. The van der Waals surface area contributed by atoms with E-state index in [4.69, 9.17) is 0 Å². The fourth-order valence-electron chi connectivity index (χ4n) is 6.55. The Morgan fingerprint density at radius 1 is 1.00 bits per heavy atom. The minimum absolute atomic E-state index is 0.674. The van der Waals surface area contributed by atoms with Crippen LogP contribution in [0.25, 0.3) is 0 Å². The predicted octanol–water partition coefficient (Wildman–Crippen LogP) is 3.28. The van der Waals surface area contributed by atoms with Gasteiger partial charge in [-0.05, 0) is 94.2 Å². The van der Waals surface area contributed by atoms with Gasteiger partial charge in [0.25, 0.3) is 0 Å². The van der Waals surface area contributed by atoms with Gasteiger partial charge in [-0.2, -0.15) is 0 Å². The van der Waals surface area contributed by atoms with Gasteiger partial charge in [0.15, 0.2) is 0 Å². The van der Waals surface area contributed by atoms with E-state index < -0.39 is 0 Å². The van der Waals surface area contributed by atoms with E-state index >= 15 is 0 Å². The third-order valence-electron chi connectivity index (χ3n) is 6.91. The lowest BCUT2D eigenvalue weighted by Crippen LogP contribution is -2.59. The van der Waals surface area contributed by atoms with Crippen LogP contribution in [-0.2, 0) is 0 Å². The first-order chi connectivity index (χ1) is 9.77. The molecule has 0 aromatic rings. The van der Waals surface area contributed by atoms with Crippen molar-refractivity contribution in [3.8, 4) is 0 Å². The highest BCUT2D eigenvalue weighted by Crippen LogP contribution is 2.61. The third-order valence-corrected chi connectivity index (χ3v) is 6.91. The van der Waals surface area contributed by atoms with E-state index in [2.05, 4.69) is 17.1 Å². The Morgan fingerprint density at radius 3 is 2.05 bits per heavy atom. The predicted molar refractivity (Wildman–Crippen MR) is 83.7 cm³/mol. The van der Waals surface area contributed by atoms with Crippen LogP contribution < -0.4 is 5.32 Å². The van der Waals surface area contributed by atoms with Crippen molar-refractivity contribution < 1.29 is 0 Å². The minimum atomic E-state index is 0.674. The number of hydrogen-bond donors (Lipinski definition) is 1. The Bertz CT molecular complexity index is 310. The first-order valence-electron chi connectivity index (χ1n) is 9.23. The second-order valence-corrected chi connectivity index (χ2v) is 8.40. The summed E-state index contributed by atoms with van der Waals surface area (Å²) in [6.07, 6.45) is 12.2. The van der Waals surface area contributed by atoms with Gasteiger partial charge in [0, 0.05) is 12.6 Å². The van der Waals surface area contributed by atoms with Gasteiger partial charge in [-0.1, -0.05) is 6.92 Å². The number of likely N-dealkylation sites (tertiary alicyclic amines) is 1. The van der Waals surface area contributed by atoms with E-state index in [0.29, 0.717) is 5.41 Å². The van der Waals surface area contributed by atoms with E-state index in [1.165, 1.54) is 32.5 Å². The maximum absolute atomic E-state index is 3.92. The van der Waals surface area contributed by atoms with Gasteiger partial charge < -0.3 is 10.2 Å². The van der Waals surface area contributed by atoms with Crippen LogP contribution >= 0.6 is 0 Å². The SMILES string of the molecule is CCNC(CN1CCCC1)C12CC3CC(CC(C3)C1)C2. The van der Waals surface area contributed by atoms with Crippen molar-refractivity contribution >= 4 is 0 Å². The Labute approximate surface area is 124 Å². The largest absolute Gasteiger partial charge is 0.312 e. The van der Waals surface area contributed by atoms with Crippen molar-refractivity contribution in [3.05, 3.63) is 0 Å². The molecule has 20 heavy (non-hydrogen) atoms. The van der Waals surface area contributed by atoms with Crippen LogP contribution in [0.15, 0.2) is 0 Å². The van der Waals surface area contributed by atoms with Gasteiger partial charge in [-0.15, -0.1) is 0 Å². The molecule has 1 heterocycles. The van der Waals surface area contributed by atoms with Gasteiger partial charge in [0.05, 0.1) is 0 Å². The van der Waals surface area contributed by atoms with Crippen LogP contribution in [0.5, 0.6) is 0 Å². The molecule has 5 rings (SSSR count). The van der Waals surface area contributed by atoms with Crippen molar-refractivity contribution in [2.75, 3.05) is 26.2 Å². The number of rotatable bonds is 5. The summed E-state index contributed by atoms with van der Waals surface area (Å²) in [6, 6.07) is 0.777. The molecule has 1 N–H and O–H groups in total. The molecule has 0 amide bonds. The highest BCUT2D eigenvalue weighted by atomic mass is 15.2. The van der Waals surface area contributed by atoms with Gasteiger partial charge >= 0.3 is 0 Å². The number of nitrogens with zero attached hydrogens (tertiary/aromatic N) is 1. The van der Waals surface area contributed by atoms with E-state index in [1.54, 1.807) is 38.5 Å². The molecule has 0 aromatic heterocycles. The van der Waals surface area contributed by atoms with Crippen molar-refractivity contribution in [2.45, 2.75) is 64.3 Å². The normalized spacial score (nSPS) is 45.1. The first kappa shape index (κ1) is 13.6. The van der Waals surface area contributed by atoms with Crippen LogP contribution in [0.4, 0.5) is 0 Å². The molecule has 2 heteroatoms. The van der Waals surface area contributed by atoms with E-state index in [-0.39, 0.29) is 0 Å². The van der Waals surface area contributed by atoms with E-state index in [9.17, 15) is 0 Å². The smallest absolute Gasteiger partial charge is 0.0251 e. The maximum atomic E-state index is 3.92. The van der Waals surface area contributed by atoms with Crippen LogP contribution in [0.2, 0.25) is 0 Å². The van der Waals surface area contributed by atoms with Crippen molar-refractivity contribution in [3.63, 3.8) is 0 Å². The zero-order valence-electron chi connectivity index (χ0n) is 13.2. The summed E-state index contributed by atoms with van der Waals surface area (Å²) >= 11 is 0. The van der Waals surface area contributed by atoms with E-state index in [0.717, 1.165) is 30.3 Å². The van der Waals surface area contributed by atoms with Gasteiger partial charge in [-0.3, -0.25) is 0 Å². The summed E-state index contributed by atoms with van der Waals surface area (Å²) in [7, 11) is 0. The molecule has 0 radical (unpaired) electrons. The zero-order chi connectivity index (χ0) is 13.6. The van der Waals surface area contributed by atoms with Crippen molar-refractivity contribution in [1.29, 1.82) is 0 Å². The van der Waals surface area contributed by atoms with Gasteiger partial charge in [0.2, 0.25) is 0 Å². The molecule has 1 saturated heterocycles. The highest BCUT2D eigenvalue weighted by Gasteiger charge is 2.54. The summed E-state index contributed by atoms with van der Waals surface area (Å²) in [6.45, 7) is 7.50. The van der Waals surface area contributed by atoms with Crippen LogP contribution in [0.3, 0.4) is 0 Å². The molecule has 114 valence electrons. The molecular formula is C18H32N2. The average Bonchev–Trinajstić information content (AvgIpc) is 2.89. The Hall–Kier alpha value is -0.0800. The molecule has 1 aliphatic heterocycles. The van der Waals surface area contributed by atoms with Crippen molar-refractivity contribution in [2.24, 2.45) is 23.2 Å². The standard InChI is InChI=1S/C18H32N2/c1-2-19-17(13-20-5-3-4-6-20)18-10-14-7-15(11-18)9-16(8-14)12-18/h14-17,19H,2-13H2,1H3. The number of nitrogens with one attached hydrogen (secondary N) is 1. The Balaban J connectivity index is 1.52. The number of likely N-dealkylation sites (N-methyl/N-ethyl adjacent to an activating group) is 1. The molecule has 1 atom stereocenters. The molecule has 0 aromatic carbocycles. The summed E-state index contributed by atoms with van der Waals surface area (Å²) < 4.78 is 0. The lowest BCUT2D eigenvalue weighted by molar-refractivity contribution is -0.0777. The van der Waals surface area contributed by atoms with Crippen LogP contribution in [0.1, 0.15) is 58.3 Å². The quantitative estimate of drug-likeness (QED) is 0.829. The molecule has 2 nitrogen and oxygen atoms in total. The molecule has 1 unspecified atom stereocenters. The zero-order valence-corrected chi connectivity index (χ0v) is 13.2. The van der Waals surface area contributed by atoms with Crippen LogP contribution in [-0.4, -0.2) is 37.1 Å². The molecular weight excluding hydrogens is 244 g/mol. The van der Waals surface area contributed by atoms with Gasteiger partial charge in [-0.25, -0.2) is 0 Å². The lowest BCUT2D eigenvalue weighted by atomic mass is 9.47. The molecule has 5 aliphatic rings. The third kappa shape index (κ3) is 2.33. The number of hydrogen-bond acceptors (Lipinski definition) is 2. The molecule has 0 spiro atoms. The monoisotopic (exact) mass is 276 g/mol. The van der Waals surface area contributed by atoms with Gasteiger partial charge in [0.1, 0.15) is 0 Å². The summed E-state index contributed by atoms with van der Waals surface area (Å²) in [5.74, 6) is 3.25. The minimum Gasteiger partial charge on any atom is -0.312 e. The average molecular weight is 276 g/mol. The summed E-state index contributed by atoms with van der Waals surface area (Å²) in [5.41, 5.74) is 0.674. The lowest BCUT2D eigenvalue weighted by Gasteiger charge is -2.60. The second-order valence-electron chi connectivity index (χ2n) is 8.40. The van der Waals surface area contributed by atoms with E-state index in [1.807, 2.05) is 0 Å². The first-order valence-corrected chi connectivity index (χ1v) is 9.23. The highest BCUT2D eigenvalue weighted by molar-refractivity contribution is 5.06. The second kappa shape index (κ2) is 5.28. The Morgan fingerprint density at radius 2 is 1.55 bits per heavy atom. The topological polar surface area (TPSA) is 15.3 Å². The fourth-order valence-corrected chi connectivity index (χ4v) is 6.55. The molecule has 5 fully saturated rings. The van der Waals surface area contributed by atoms with Crippen LogP contribution in [0, 0.1) is 23.2 Å². The Kier molecular flexibility index (Phi) is 3.58. The molecule has 4 bridgehead atoms. The molecule has 4 aliphatic carbocycles. The maximum Gasteiger partial charge on any atom is 0.0251 e. The van der Waals surface area contributed by atoms with Crippen molar-refractivity contribution in [1.82, 2.24) is 10.2 Å². The summed E-state index contributed by atoms with van der Waals surface area (Å²) in [5, 5.41) is 3.92. The fraction of sp³-hybridized carbons (Fsp3) is 1.00.